The maximum Gasteiger partial charge on any atom is 0.387 e. The highest BCUT2D eigenvalue weighted by molar-refractivity contribution is 5.95. The number of nitriles is 1. The number of Topliss-reactive ketones (excluding diaryl/α,β-unsaturated/α-hetero) is 1. The fourth-order valence-corrected chi connectivity index (χ4v) is 2.06. The molecule has 1 aromatic carbocycles. The second-order valence-corrected chi connectivity index (χ2v) is 4.99. The van der Waals surface area contributed by atoms with Crippen LogP contribution in [0.25, 0.3) is 0 Å². The number of aryl methyl sites for hydroxylation is 1. The summed E-state index contributed by atoms with van der Waals surface area (Å²) in [6.07, 6.45) is 0. The molecule has 0 spiro atoms. The number of halogens is 2. The van der Waals surface area contributed by atoms with Crippen LogP contribution in [0.2, 0.25) is 0 Å². The van der Waals surface area contributed by atoms with Crippen molar-refractivity contribution in [2.45, 2.75) is 27.0 Å². The van der Waals surface area contributed by atoms with Gasteiger partial charge >= 0.3 is 6.61 Å². The maximum absolute atomic E-state index is 12.2. The highest BCUT2D eigenvalue weighted by Crippen LogP contribution is 2.15. The SMILES string of the molecule is Cc1nn(CC(=O)c2ccc(OC(F)F)cc2)c(=O)c(C#N)c1C. The Bertz CT molecular complexity index is 868. The van der Waals surface area contributed by atoms with Crippen LogP contribution in [0, 0.1) is 25.2 Å². The molecule has 0 fully saturated rings. The molecule has 0 aliphatic carbocycles. The van der Waals surface area contributed by atoms with Gasteiger partial charge in [0.2, 0.25) is 0 Å². The van der Waals surface area contributed by atoms with Crippen LogP contribution in [0.1, 0.15) is 27.2 Å². The van der Waals surface area contributed by atoms with Gasteiger partial charge in [0.25, 0.3) is 5.56 Å². The molecule has 0 aliphatic rings. The van der Waals surface area contributed by atoms with E-state index in [1.165, 1.54) is 24.3 Å². The molecule has 0 unspecified atom stereocenters. The van der Waals surface area contributed by atoms with Gasteiger partial charge in [-0.1, -0.05) is 0 Å². The Morgan fingerprint density at radius 2 is 1.96 bits per heavy atom. The smallest absolute Gasteiger partial charge is 0.387 e. The molecule has 24 heavy (non-hydrogen) atoms. The summed E-state index contributed by atoms with van der Waals surface area (Å²) in [6.45, 7) is -0.0679. The Balaban J connectivity index is 2.26. The van der Waals surface area contributed by atoms with Crippen molar-refractivity contribution in [3.63, 3.8) is 0 Å². The first-order valence-corrected chi connectivity index (χ1v) is 6.90. The molecule has 0 amide bonds. The number of alkyl halides is 2. The van der Waals surface area contributed by atoms with E-state index < -0.39 is 18.0 Å². The monoisotopic (exact) mass is 333 g/mol. The summed E-state index contributed by atoms with van der Waals surface area (Å²) in [5.74, 6) is -0.518. The molecule has 0 saturated carbocycles. The summed E-state index contributed by atoms with van der Waals surface area (Å²) >= 11 is 0. The Kier molecular flexibility index (Phi) is 5.04. The van der Waals surface area contributed by atoms with Crippen LogP contribution < -0.4 is 10.3 Å². The third-order valence-electron chi connectivity index (χ3n) is 3.44. The first-order chi connectivity index (χ1) is 11.3. The van der Waals surface area contributed by atoms with Crippen molar-refractivity contribution in [3.8, 4) is 11.8 Å². The molecule has 2 rings (SSSR count). The second-order valence-electron chi connectivity index (χ2n) is 4.99. The highest BCUT2D eigenvalue weighted by atomic mass is 19.3. The van der Waals surface area contributed by atoms with Gasteiger partial charge in [-0.2, -0.15) is 19.1 Å². The summed E-state index contributed by atoms with van der Waals surface area (Å²) in [4.78, 5) is 24.4. The number of hydrogen-bond acceptors (Lipinski definition) is 5. The van der Waals surface area contributed by atoms with E-state index in [1.807, 2.05) is 6.07 Å². The van der Waals surface area contributed by atoms with E-state index >= 15 is 0 Å². The van der Waals surface area contributed by atoms with Crippen molar-refractivity contribution in [3.05, 3.63) is 57.0 Å². The molecule has 8 heteroatoms. The number of ether oxygens (including phenoxy) is 1. The maximum atomic E-state index is 12.2. The number of benzene rings is 1. The van der Waals surface area contributed by atoms with Gasteiger partial charge in [-0.25, -0.2) is 4.68 Å². The molecule has 0 saturated heterocycles. The van der Waals surface area contributed by atoms with Crippen molar-refractivity contribution >= 4 is 5.78 Å². The zero-order chi connectivity index (χ0) is 17.9. The topological polar surface area (TPSA) is 85.0 Å². The van der Waals surface area contributed by atoms with Crippen molar-refractivity contribution in [1.82, 2.24) is 9.78 Å². The summed E-state index contributed by atoms with van der Waals surface area (Å²) in [7, 11) is 0. The van der Waals surface area contributed by atoms with E-state index in [1.54, 1.807) is 13.8 Å². The van der Waals surface area contributed by atoms with Crippen molar-refractivity contribution in [2.24, 2.45) is 0 Å². The number of carbonyl (C=O) groups excluding carboxylic acids is 1. The molecule has 124 valence electrons. The van der Waals surface area contributed by atoms with Gasteiger partial charge in [0.15, 0.2) is 5.78 Å². The summed E-state index contributed by atoms with van der Waals surface area (Å²) < 4.78 is 29.3. The van der Waals surface area contributed by atoms with Crippen LogP contribution in [0.3, 0.4) is 0 Å². The van der Waals surface area contributed by atoms with Gasteiger partial charge in [0, 0.05) is 5.56 Å². The molecule has 0 N–H and O–H groups in total. The molecule has 0 aliphatic heterocycles. The molecule has 6 nitrogen and oxygen atoms in total. The zero-order valence-electron chi connectivity index (χ0n) is 12.9. The van der Waals surface area contributed by atoms with E-state index in [2.05, 4.69) is 9.84 Å². The van der Waals surface area contributed by atoms with E-state index in [-0.39, 0.29) is 23.4 Å². The van der Waals surface area contributed by atoms with E-state index in [4.69, 9.17) is 5.26 Å². The van der Waals surface area contributed by atoms with Crippen LogP contribution in [0.5, 0.6) is 5.75 Å². The second kappa shape index (κ2) is 7.00. The molecule has 0 atom stereocenters. The minimum atomic E-state index is -2.95. The van der Waals surface area contributed by atoms with Gasteiger partial charge < -0.3 is 4.74 Å². The standard InChI is InChI=1S/C16H13F2N3O3/c1-9-10(2)20-21(15(23)13(9)7-19)8-14(22)11-3-5-12(6-4-11)24-16(17)18/h3-6,16H,8H2,1-2H3. The van der Waals surface area contributed by atoms with Crippen LogP contribution in [0.15, 0.2) is 29.1 Å². The molecule has 2 aromatic rings. The van der Waals surface area contributed by atoms with Crippen molar-refractivity contribution in [1.29, 1.82) is 5.26 Å². The van der Waals surface area contributed by atoms with Crippen LogP contribution in [-0.4, -0.2) is 22.2 Å². The lowest BCUT2D eigenvalue weighted by atomic mass is 10.1. The average Bonchev–Trinajstić information content (AvgIpc) is 2.53. The molecule has 1 aromatic heterocycles. The lowest BCUT2D eigenvalue weighted by Crippen LogP contribution is -2.30. The lowest BCUT2D eigenvalue weighted by molar-refractivity contribution is -0.0498. The zero-order valence-corrected chi connectivity index (χ0v) is 12.9. The third-order valence-corrected chi connectivity index (χ3v) is 3.44. The molecule has 0 radical (unpaired) electrons. The number of rotatable bonds is 5. The fraction of sp³-hybridized carbons (Fsp3) is 0.250. The fourth-order valence-electron chi connectivity index (χ4n) is 2.06. The Hall–Kier alpha value is -3.08. The van der Waals surface area contributed by atoms with Crippen LogP contribution in [-0.2, 0) is 6.54 Å². The Morgan fingerprint density at radius 3 is 2.50 bits per heavy atom. The largest absolute Gasteiger partial charge is 0.435 e. The number of carbonyl (C=O) groups is 1. The number of hydrogen-bond donors (Lipinski definition) is 0. The average molecular weight is 333 g/mol. The van der Waals surface area contributed by atoms with Crippen LogP contribution in [0.4, 0.5) is 8.78 Å². The van der Waals surface area contributed by atoms with Gasteiger partial charge in [0.05, 0.1) is 5.69 Å². The van der Waals surface area contributed by atoms with Gasteiger partial charge in [-0.3, -0.25) is 9.59 Å². The summed E-state index contributed by atoms with van der Waals surface area (Å²) in [6, 6.07) is 6.91. The van der Waals surface area contributed by atoms with Crippen molar-refractivity contribution < 1.29 is 18.3 Å². The lowest BCUT2D eigenvalue weighted by Gasteiger charge is -2.09. The minimum Gasteiger partial charge on any atom is -0.435 e. The van der Waals surface area contributed by atoms with E-state index in [9.17, 15) is 18.4 Å². The van der Waals surface area contributed by atoms with Gasteiger partial charge in [-0.15, -0.1) is 0 Å². The van der Waals surface area contributed by atoms with Crippen molar-refractivity contribution in [2.75, 3.05) is 0 Å². The number of ketones is 1. The highest BCUT2D eigenvalue weighted by Gasteiger charge is 2.15. The third kappa shape index (κ3) is 3.63. The first-order valence-electron chi connectivity index (χ1n) is 6.90. The number of aromatic nitrogens is 2. The van der Waals surface area contributed by atoms with E-state index in [0.29, 0.717) is 11.3 Å². The molecular weight excluding hydrogens is 320 g/mol. The predicted molar refractivity (Wildman–Crippen MR) is 80.1 cm³/mol. The molecule has 0 bridgehead atoms. The summed E-state index contributed by atoms with van der Waals surface area (Å²) in [5.41, 5.74) is 0.448. The Morgan fingerprint density at radius 1 is 1.33 bits per heavy atom. The van der Waals surface area contributed by atoms with Gasteiger partial charge in [-0.05, 0) is 43.7 Å². The van der Waals surface area contributed by atoms with Crippen LogP contribution >= 0.6 is 0 Å². The molecular formula is C16H13F2N3O3. The number of nitrogens with zero attached hydrogens (tertiary/aromatic N) is 3. The predicted octanol–water partition coefficient (Wildman–Crippen LogP) is 2.22. The normalized spacial score (nSPS) is 10.5. The first kappa shape index (κ1) is 17.3. The Labute approximate surface area is 135 Å². The quantitative estimate of drug-likeness (QED) is 0.783. The van der Waals surface area contributed by atoms with E-state index in [0.717, 1.165) is 4.68 Å². The summed E-state index contributed by atoms with van der Waals surface area (Å²) in [5, 5.41) is 13.1. The molecule has 1 heterocycles. The minimum absolute atomic E-state index is 0.0593. The van der Waals surface area contributed by atoms with Gasteiger partial charge in [0.1, 0.15) is 23.9 Å².